The number of rotatable bonds is 4. The molecule has 2 N–H and O–H groups in total. The molecule has 25 heavy (non-hydrogen) atoms. The molecule has 1 unspecified atom stereocenters. The molecule has 3 rings (SSSR count). The van der Waals surface area contributed by atoms with Crippen molar-refractivity contribution in [2.24, 2.45) is 5.92 Å². The average molecular weight is 344 g/mol. The fourth-order valence-corrected chi connectivity index (χ4v) is 2.63. The van der Waals surface area contributed by atoms with Crippen LogP contribution in [0, 0.1) is 5.92 Å². The van der Waals surface area contributed by atoms with E-state index in [0.29, 0.717) is 30.4 Å². The number of hydrogen-bond donors (Lipinski definition) is 2. The molecule has 0 saturated carbocycles. The van der Waals surface area contributed by atoms with Gasteiger partial charge in [0.25, 0.3) is 5.89 Å². The monoisotopic (exact) mass is 344 g/mol. The number of aromatic nitrogens is 2. The van der Waals surface area contributed by atoms with Crippen molar-refractivity contribution in [1.82, 2.24) is 15.0 Å². The highest BCUT2D eigenvalue weighted by molar-refractivity contribution is 5.90. The fourth-order valence-electron chi connectivity index (χ4n) is 2.63. The molecule has 1 aliphatic rings. The van der Waals surface area contributed by atoms with Crippen LogP contribution in [-0.4, -0.2) is 45.2 Å². The number of benzene rings is 1. The molecule has 1 fully saturated rings. The summed E-state index contributed by atoms with van der Waals surface area (Å²) in [5.41, 5.74) is 1.39. The van der Waals surface area contributed by atoms with Crippen LogP contribution in [0.2, 0.25) is 0 Å². The Morgan fingerprint density at radius 1 is 1.32 bits per heavy atom. The smallest absolute Gasteiger partial charge is 0.321 e. The third kappa shape index (κ3) is 3.78. The first-order chi connectivity index (χ1) is 11.9. The van der Waals surface area contributed by atoms with Crippen molar-refractivity contribution >= 4 is 17.7 Å². The van der Waals surface area contributed by atoms with Crippen molar-refractivity contribution in [3.63, 3.8) is 0 Å². The number of likely N-dealkylation sites (tertiary alicyclic amines) is 1. The lowest BCUT2D eigenvalue weighted by Gasteiger charge is -2.16. The van der Waals surface area contributed by atoms with Crippen molar-refractivity contribution in [2.75, 3.05) is 18.4 Å². The summed E-state index contributed by atoms with van der Waals surface area (Å²) < 4.78 is 5.24. The highest BCUT2D eigenvalue weighted by Gasteiger charge is 2.30. The zero-order valence-electron chi connectivity index (χ0n) is 14.1. The average Bonchev–Trinajstić information content (AvgIpc) is 3.25. The van der Waals surface area contributed by atoms with E-state index in [9.17, 15) is 9.59 Å². The number of amides is 2. The standard InChI is InChI=1S/C17H20N4O4/c1-10(2)14-19-15(25-20-14)11-3-5-13(6-4-11)18-17(24)21-8-7-12(9-21)16(22)23/h3-6,10,12H,7-9H2,1-2H3,(H,18,24)(H,22,23). The van der Waals surface area contributed by atoms with Gasteiger partial charge in [0.15, 0.2) is 5.82 Å². The first kappa shape index (κ1) is 16.9. The molecule has 1 aromatic carbocycles. The third-order valence-electron chi connectivity index (χ3n) is 4.17. The molecule has 132 valence electrons. The number of carboxylic acids is 1. The largest absolute Gasteiger partial charge is 0.481 e. The Kier molecular flexibility index (Phi) is 4.69. The quantitative estimate of drug-likeness (QED) is 0.883. The Morgan fingerprint density at radius 2 is 2.04 bits per heavy atom. The second-order valence-corrected chi connectivity index (χ2v) is 6.39. The van der Waals surface area contributed by atoms with Gasteiger partial charge in [-0.15, -0.1) is 0 Å². The lowest BCUT2D eigenvalue weighted by Crippen LogP contribution is -2.33. The summed E-state index contributed by atoms with van der Waals surface area (Å²) in [7, 11) is 0. The van der Waals surface area contributed by atoms with Gasteiger partial charge >= 0.3 is 12.0 Å². The van der Waals surface area contributed by atoms with E-state index in [2.05, 4.69) is 15.5 Å². The molecular weight excluding hydrogens is 324 g/mol. The Labute approximate surface area is 144 Å². The molecule has 0 spiro atoms. The van der Waals surface area contributed by atoms with Gasteiger partial charge in [-0.3, -0.25) is 4.79 Å². The number of carbonyl (C=O) groups excluding carboxylic acids is 1. The van der Waals surface area contributed by atoms with Crippen molar-refractivity contribution in [2.45, 2.75) is 26.2 Å². The van der Waals surface area contributed by atoms with Crippen molar-refractivity contribution < 1.29 is 19.2 Å². The third-order valence-corrected chi connectivity index (χ3v) is 4.17. The molecule has 1 atom stereocenters. The first-order valence-corrected chi connectivity index (χ1v) is 8.17. The van der Waals surface area contributed by atoms with Gasteiger partial charge < -0.3 is 19.8 Å². The van der Waals surface area contributed by atoms with Gasteiger partial charge in [-0.1, -0.05) is 19.0 Å². The summed E-state index contributed by atoms with van der Waals surface area (Å²) in [4.78, 5) is 29.0. The predicted molar refractivity (Wildman–Crippen MR) is 90.2 cm³/mol. The van der Waals surface area contributed by atoms with Gasteiger partial charge in [0, 0.05) is 30.3 Å². The summed E-state index contributed by atoms with van der Waals surface area (Å²) in [5.74, 6) is -0.0771. The van der Waals surface area contributed by atoms with E-state index in [1.807, 2.05) is 13.8 Å². The number of carbonyl (C=O) groups is 2. The van der Waals surface area contributed by atoms with E-state index in [-0.39, 0.29) is 18.5 Å². The zero-order chi connectivity index (χ0) is 18.0. The lowest BCUT2D eigenvalue weighted by molar-refractivity contribution is -0.141. The summed E-state index contributed by atoms with van der Waals surface area (Å²) >= 11 is 0. The highest BCUT2D eigenvalue weighted by Crippen LogP contribution is 2.23. The van der Waals surface area contributed by atoms with E-state index < -0.39 is 11.9 Å². The topological polar surface area (TPSA) is 109 Å². The minimum atomic E-state index is -0.861. The van der Waals surface area contributed by atoms with Crippen molar-refractivity contribution in [3.8, 4) is 11.5 Å². The van der Waals surface area contributed by atoms with Gasteiger partial charge in [-0.2, -0.15) is 4.98 Å². The molecule has 8 heteroatoms. The van der Waals surface area contributed by atoms with Crippen LogP contribution in [0.1, 0.15) is 32.0 Å². The number of nitrogens with zero attached hydrogens (tertiary/aromatic N) is 3. The number of urea groups is 1. The van der Waals surface area contributed by atoms with E-state index in [1.165, 1.54) is 4.90 Å². The normalized spacial score (nSPS) is 17.1. The molecule has 2 aromatic rings. The number of carboxylic acid groups (broad SMARTS) is 1. The maximum Gasteiger partial charge on any atom is 0.321 e. The molecule has 1 aromatic heterocycles. The molecule has 1 saturated heterocycles. The summed E-state index contributed by atoms with van der Waals surface area (Å²) in [6, 6.07) is 6.78. The van der Waals surface area contributed by atoms with Crippen LogP contribution in [0.25, 0.3) is 11.5 Å². The number of hydrogen-bond acceptors (Lipinski definition) is 5. The molecule has 0 radical (unpaired) electrons. The summed E-state index contributed by atoms with van der Waals surface area (Å²) in [5, 5.41) is 15.7. The van der Waals surface area contributed by atoms with Crippen molar-refractivity contribution in [1.29, 1.82) is 0 Å². The maximum atomic E-state index is 12.2. The SMILES string of the molecule is CC(C)c1noc(-c2ccc(NC(=O)N3CCC(C(=O)O)C3)cc2)n1. The summed E-state index contributed by atoms with van der Waals surface area (Å²) in [6.07, 6.45) is 0.483. The number of aliphatic carboxylic acids is 1. The highest BCUT2D eigenvalue weighted by atomic mass is 16.5. The first-order valence-electron chi connectivity index (χ1n) is 8.17. The lowest BCUT2D eigenvalue weighted by atomic mass is 10.1. The van der Waals surface area contributed by atoms with Gasteiger partial charge in [-0.25, -0.2) is 4.79 Å². The van der Waals surface area contributed by atoms with Crippen LogP contribution in [0.5, 0.6) is 0 Å². The van der Waals surface area contributed by atoms with E-state index in [1.54, 1.807) is 24.3 Å². The molecule has 2 heterocycles. The van der Waals surface area contributed by atoms with E-state index >= 15 is 0 Å². The Morgan fingerprint density at radius 3 is 2.60 bits per heavy atom. The molecule has 0 bridgehead atoms. The molecule has 1 aliphatic heterocycles. The van der Waals surface area contributed by atoms with Gasteiger partial charge in [-0.05, 0) is 30.7 Å². The Bertz CT molecular complexity index is 769. The van der Waals surface area contributed by atoms with Crippen LogP contribution < -0.4 is 5.32 Å². The maximum absolute atomic E-state index is 12.2. The molecule has 8 nitrogen and oxygen atoms in total. The number of nitrogens with one attached hydrogen (secondary N) is 1. The van der Waals surface area contributed by atoms with Gasteiger partial charge in [0.2, 0.25) is 0 Å². The minimum absolute atomic E-state index is 0.186. The molecular formula is C17H20N4O4. The van der Waals surface area contributed by atoms with Crippen LogP contribution in [0.3, 0.4) is 0 Å². The number of anilines is 1. The fraction of sp³-hybridized carbons (Fsp3) is 0.412. The Balaban J connectivity index is 1.62. The summed E-state index contributed by atoms with van der Waals surface area (Å²) in [6.45, 7) is 4.65. The van der Waals surface area contributed by atoms with Crippen LogP contribution >= 0.6 is 0 Å². The van der Waals surface area contributed by atoms with Crippen LogP contribution in [0.4, 0.5) is 10.5 Å². The van der Waals surface area contributed by atoms with E-state index in [0.717, 1.165) is 5.56 Å². The van der Waals surface area contributed by atoms with Crippen LogP contribution in [0.15, 0.2) is 28.8 Å². The van der Waals surface area contributed by atoms with Gasteiger partial charge in [0.1, 0.15) is 0 Å². The predicted octanol–water partition coefficient (Wildman–Crippen LogP) is 2.80. The van der Waals surface area contributed by atoms with Crippen LogP contribution in [-0.2, 0) is 4.79 Å². The second-order valence-electron chi connectivity index (χ2n) is 6.39. The molecule has 0 aliphatic carbocycles. The van der Waals surface area contributed by atoms with Gasteiger partial charge in [0.05, 0.1) is 5.92 Å². The van der Waals surface area contributed by atoms with Crippen molar-refractivity contribution in [3.05, 3.63) is 30.1 Å². The zero-order valence-corrected chi connectivity index (χ0v) is 14.1. The minimum Gasteiger partial charge on any atom is -0.481 e. The molecule has 2 amide bonds. The van der Waals surface area contributed by atoms with E-state index in [4.69, 9.17) is 9.63 Å². The second kappa shape index (κ2) is 6.92. The Hall–Kier alpha value is -2.90.